The van der Waals surface area contributed by atoms with Gasteiger partial charge in [0.15, 0.2) is 0 Å². The van der Waals surface area contributed by atoms with Gasteiger partial charge in [0.25, 0.3) is 5.91 Å². The molecule has 1 aliphatic heterocycles. The Bertz CT molecular complexity index is 575. The monoisotopic (exact) mass is 332 g/mol. The fourth-order valence-corrected chi connectivity index (χ4v) is 2.82. The van der Waals surface area contributed by atoms with Crippen molar-refractivity contribution in [2.75, 3.05) is 19.6 Å². The Labute approximate surface area is 144 Å². The number of rotatable bonds is 3. The van der Waals surface area contributed by atoms with E-state index in [2.05, 4.69) is 26.1 Å². The van der Waals surface area contributed by atoms with Gasteiger partial charge >= 0.3 is 0 Å². The summed E-state index contributed by atoms with van der Waals surface area (Å²) >= 11 is 0. The van der Waals surface area contributed by atoms with Crippen LogP contribution < -0.4 is 5.32 Å². The molecule has 1 heterocycles. The second-order valence-electron chi connectivity index (χ2n) is 7.48. The Morgan fingerprint density at radius 3 is 2.46 bits per heavy atom. The van der Waals surface area contributed by atoms with Crippen molar-refractivity contribution in [2.24, 2.45) is 0 Å². The number of carbonyl (C=O) groups is 2. The van der Waals surface area contributed by atoms with E-state index in [1.807, 2.05) is 12.1 Å². The van der Waals surface area contributed by atoms with Crippen molar-refractivity contribution in [2.45, 2.75) is 51.6 Å². The van der Waals surface area contributed by atoms with Gasteiger partial charge in [-0.05, 0) is 42.4 Å². The minimum absolute atomic E-state index is 0.00402. The Hall–Kier alpha value is -1.88. The minimum Gasteiger partial charge on any atom is -0.393 e. The zero-order valence-electron chi connectivity index (χ0n) is 14.8. The maximum atomic E-state index is 12.2. The van der Waals surface area contributed by atoms with Crippen molar-refractivity contribution >= 4 is 11.8 Å². The first-order chi connectivity index (χ1) is 11.3. The highest BCUT2D eigenvalue weighted by molar-refractivity contribution is 5.96. The molecule has 5 nitrogen and oxygen atoms in total. The van der Waals surface area contributed by atoms with Crippen molar-refractivity contribution in [1.82, 2.24) is 10.2 Å². The van der Waals surface area contributed by atoms with Gasteiger partial charge in [0.05, 0.1) is 12.6 Å². The van der Waals surface area contributed by atoms with Gasteiger partial charge in [-0.3, -0.25) is 9.59 Å². The van der Waals surface area contributed by atoms with Crippen molar-refractivity contribution in [3.63, 3.8) is 0 Å². The Morgan fingerprint density at radius 2 is 1.83 bits per heavy atom. The Morgan fingerprint density at radius 1 is 1.17 bits per heavy atom. The summed E-state index contributed by atoms with van der Waals surface area (Å²) in [5, 5.41) is 12.3. The quantitative estimate of drug-likeness (QED) is 0.890. The molecule has 1 aliphatic rings. The summed E-state index contributed by atoms with van der Waals surface area (Å²) in [4.78, 5) is 26.1. The van der Waals surface area contributed by atoms with E-state index in [4.69, 9.17) is 0 Å². The van der Waals surface area contributed by atoms with Crippen LogP contribution in [0.4, 0.5) is 0 Å². The van der Waals surface area contributed by atoms with Gasteiger partial charge in [0.2, 0.25) is 5.91 Å². The summed E-state index contributed by atoms with van der Waals surface area (Å²) in [6, 6.07) is 7.49. The highest BCUT2D eigenvalue weighted by Gasteiger charge is 2.20. The maximum absolute atomic E-state index is 12.2. The topological polar surface area (TPSA) is 69.6 Å². The van der Waals surface area contributed by atoms with E-state index < -0.39 is 0 Å². The van der Waals surface area contributed by atoms with Gasteiger partial charge in [0.1, 0.15) is 0 Å². The lowest BCUT2D eigenvalue weighted by atomic mass is 9.87. The zero-order valence-corrected chi connectivity index (χ0v) is 14.8. The number of nitrogens with zero attached hydrogens (tertiary/aromatic N) is 1. The molecule has 1 atom stereocenters. The lowest BCUT2D eigenvalue weighted by molar-refractivity contribution is -0.130. The fourth-order valence-electron chi connectivity index (χ4n) is 2.82. The average molecular weight is 332 g/mol. The van der Waals surface area contributed by atoms with Crippen LogP contribution in [0.1, 0.15) is 56.0 Å². The predicted octanol–water partition coefficient (Wildman–Crippen LogP) is 2.09. The number of likely N-dealkylation sites (tertiary alicyclic amines) is 1. The molecule has 0 bridgehead atoms. The van der Waals surface area contributed by atoms with E-state index in [1.54, 1.807) is 17.0 Å². The molecule has 2 rings (SSSR count). The Kier molecular flexibility index (Phi) is 5.99. The van der Waals surface area contributed by atoms with Gasteiger partial charge in [0, 0.05) is 18.7 Å². The molecule has 5 heteroatoms. The molecule has 1 saturated heterocycles. The third kappa shape index (κ3) is 5.06. The first-order valence-corrected chi connectivity index (χ1v) is 8.62. The van der Waals surface area contributed by atoms with Crippen LogP contribution in [0.15, 0.2) is 24.3 Å². The van der Waals surface area contributed by atoms with Crippen molar-refractivity contribution in [1.29, 1.82) is 0 Å². The average Bonchev–Trinajstić information content (AvgIpc) is 2.76. The van der Waals surface area contributed by atoms with E-state index in [9.17, 15) is 14.7 Å². The molecule has 1 aromatic rings. The molecule has 0 spiro atoms. The van der Waals surface area contributed by atoms with E-state index in [0.29, 0.717) is 25.1 Å². The molecular weight excluding hydrogens is 304 g/mol. The van der Waals surface area contributed by atoms with Crippen LogP contribution in [-0.4, -0.2) is 47.6 Å². The van der Waals surface area contributed by atoms with E-state index in [-0.39, 0.29) is 29.9 Å². The zero-order chi connectivity index (χ0) is 17.7. The maximum Gasteiger partial charge on any atom is 0.251 e. The third-order valence-corrected chi connectivity index (χ3v) is 4.46. The van der Waals surface area contributed by atoms with Crippen molar-refractivity contribution < 1.29 is 14.7 Å². The number of benzene rings is 1. The first kappa shape index (κ1) is 18.5. The second-order valence-corrected chi connectivity index (χ2v) is 7.48. The minimum atomic E-state index is -0.321. The highest BCUT2D eigenvalue weighted by Crippen LogP contribution is 2.22. The predicted molar refractivity (Wildman–Crippen MR) is 93.9 cm³/mol. The summed E-state index contributed by atoms with van der Waals surface area (Å²) in [5.41, 5.74) is 1.77. The number of aliphatic hydroxyl groups excluding tert-OH is 1. The molecule has 0 unspecified atom stereocenters. The summed E-state index contributed by atoms with van der Waals surface area (Å²) in [6.45, 7) is 7.56. The molecule has 0 aliphatic carbocycles. The van der Waals surface area contributed by atoms with Crippen LogP contribution in [0.5, 0.6) is 0 Å². The Balaban J connectivity index is 1.87. The molecule has 2 amide bonds. The van der Waals surface area contributed by atoms with Gasteiger partial charge < -0.3 is 15.3 Å². The number of hydrogen-bond acceptors (Lipinski definition) is 3. The van der Waals surface area contributed by atoms with Gasteiger partial charge in [-0.1, -0.05) is 32.9 Å². The van der Waals surface area contributed by atoms with E-state index in [0.717, 1.165) is 12.8 Å². The van der Waals surface area contributed by atoms with E-state index >= 15 is 0 Å². The van der Waals surface area contributed by atoms with Crippen LogP contribution in [0.25, 0.3) is 0 Å². The standard InChI is InChI=1S/C19H28N2O3/c1-19(2,3)15-8-6-14(7-9-15)18(24)20-13-17(23)21-11-4-5-16(22)10-12-21/h6-9,16,22H,4-5,10-13H2,1-3H3,(H,20,24)/t16-/m1/s1. The summed E-state index contributed by atoms with van der Waals surface area (Å²) in [7, 11) is 0. The normalized spacial score (nSPS) is 18.8. The molecule has 24 heavy (non-hydrogen) atoms. The van der Waals surface area contributed by atoms with Crippen LogP contribution in [0.2, 0.25) is 0 Å². The SMILES string of the molecule is CC(C)(C)c1ccc(C(=O)NCC(=O)N2CCC[C@@H](O)CC2)cc1. The summed E-state index contributed by atoms with van der Waals surface area (Å²) in [5.74, 6) is -0.331. The number of aliphatic hydroxyl groups is 1. The molecule has 0 radical (unpaired) electrons. The largest absolute Gasteiger partial charge is 0.393 e. The molecule has 0 aromatic heterocycles. The van der Waals surface area contributed by atoms with Crippen LogP contribution in [-0.2, 0) is 10.2 Å². The molecule has 132 valence electrons. The van der Waals surface area contributed by atoms with Crippen molar-refractivity contribution in [3.05, 3.63) is 35.4 Å². The van der Waals surface area contributed by atoms with Crippen LogP contribution in [0, 0.1) is 0 Å². The molecule has 0 saturated carbocycles. The lowest BCUT2D eigenvalue weighted by Crippen LogP contribution is -2.40. The molecule has 1 fully saturated rings. The molecule has 1 aromatic carbocycles. The van der Waals surface area contributed by atoms with E-state index in [1.165, 1.54) is 5.56 Å². The third-order valence-electron chi connectivity index (χ3n) is 4.46. The number of hydrogen-bond donors (Lipinski definition) is 2. The summed E-state index contributed by atoms with van der Waals surface area (Å²) < 4.78 is 0. The number of carbonyl (C=O) groups excluding carboxylic acids is 2. The number of nitrogens with one attached hydrogen (secondary N) is 1. The smallest absolute Gasteiger partial charge is 0.251 e. The fraction of sp³-hybridized carbons (Fsp3) is 0.579. The van der Waals surface area contributed by atoms with Crippen LogP contribution in [0.3, 0.4) is 0 Å². The summed E-state index contributed by atoms with van der Waals surface area (Å²) in [6.07, 6.45) is 1.82. The van der Waals surface area contributed by atoms with Gasteiger partial charge in [-0.2, -0.15) is 0 Å². The van der Waals surface area contributed by atoms with Gasteiger partial charge in [-0.15, -0.1) is 0 Å². The molecular formula is C19H28N2O3. The number of amides is 2. The first-order valence-electron chi connectivity index (χ1n) is 8.62. The highest BCUT2D eigenvalue weighted by atomic mass is 16.3. The molecule has 2 N–H and O–H groups in total. The van der Waals surface area contributed by atoms with Crippen molar-refractivity contribution in [3.8, 4) is 0 Å². The second kappa shape index (κ2) is 7.79. The lowest BCUT2D eigenvalue weighted by Gasteiger charge is -2.21. The van der Waals surface area contributed by atoms with Crippen LogP contribution >= 0.6 is 0 Å². The van der Waals surface area contributed by atoms with Gasteiger partial charge in [-0.25, -0.2) is 0 Å².